The van der Waals surface area contributed by atoms with Crippen LogP contribution >= 0.6 is 11.3 Å². The second kappa shape index (κ2) is 10.1. The van der Waals surface area contributed by atoms with Gasteiger partial charge in [0.15, 0.2) is 17.3 Å². The minimum atomic E-state index is -0.400. The molecular formula is C28H26N2O5S. The van der Waals surface area contributed by atoms with Gasteiger partial charge in [-0.1, -0.05) is 24.3 Å². The number of aliphatic hydroxyl groups excluding tert-OH is 1. The molecule has 1 aliphatic rings. The van der Waals surface area contributed by atoms with Gasteiger partial charge in [-0.05, 0) is 42.8 Å². The summed E-state index contributed by atoms with van der Waals surface area (Å²) in [5, 5.41) is 15.3. The zero-order valence-electron chi connectivity index (χ0n) is 20.0. The van der Waals surface area contributed by atoms with Crippen molar-refractivity contribution < 1.29 is 24.2 Å². The van der Waals surface area contributed by atoms with Crippen LogP contribution in [0.1, 0.15) is 39.3 Å². The number of amides is 1. The van der Waals surface area contributed by atoms with Gasteiger partial charge in [-0.15, -0.1) is 11.3 Å². The molecule has 2 aromatic heterocycles. The SMILES string of the molecule is COc1cc(C(=O)NCC(=O)c2cccc(-c3csc4c(C)cccc34)n2)ccc1OC1CC(O)C1. The van der Waals surface area contributed by atoms with E-state index in [1.807, 2.05) is 12.1 Å². The number of Topliss-reactive ketones (excluding diaryl/α,β-unsaturated/α-hetero) is 1. The van der Waals surface area contributed by atoms with Gasteiger partial charge in [-0.25, -0.2) is 4.98 Å². The number of aryl methyl sites for hydroxylation is 1. The smallest absolute Gasteiger partial charge is 0.251 e. The van der Waals surface area contributed by atoms with Crippen LogP contribution in [0.2, 0.25) is 0 Å². The molecule has 2 N–H and O–H groups in total. The van der Waals surface area contributed by atoms with E-state index in [0.29, 0.717) is 35.6 Å². The molecule has 0 atom stereocenters. The van der Waals surface area contributed by atoms with Gasteiger partial charge < -0.3 is 19.9 Å². The summed E-state index contributed by atoms with van der Waals surface area (Å²) >= 11 is 1.66. The summed E-state index contributed by atoms with van der Waals surface area (Å²) in [6.07, 6.45) is 0.758. The van der Waals surface area contributed by atoms with Gasteiger partial charge in [-0.2, -0.15) is 0 Å². The van der Waals surface area contributed by atoms with E-state index < -0.39 is 5.91 Å². The number of rotatable bonds is 8. The first-order valence-corrected chi connectivity index (χ1v) is 12.6. The highest BCUT2D eigenvalue weighted by Gasteiger charge is 2.29. The zero-order valence-corrected chi connectivity index (χ0v) is 20.8. The van der Waals surface area contributed by atoms with Crippen LogP contribution in [0.3, 0.4) is 0 Å². The maximum atomic E-state index is 12.8. The van der Waals surface area contributed by atoms with Crippen molar-refractivity contribution in [1.29, 1.82) is 0 Å². The number of nitrogens with one attached hydrogen (secondary N) is 1. The summed E-state index contributed by atoms with van der Waals surface area (Å²) in [5.74, 6) is 0.251. The number of hydrogen-bond acceptors (Lipinski definition) is 7. The van der Waals surface area contributed by atoms with Gasteiger partial charge in [0.05, 0.1) is 25.5 Å². The molecule has 2 heterocycles. The Morgan fingerprint density at radius 1 is 1.11 bits per heavy atom. The minimum Gasteiger partial charge on any atom is -0.493 e. The first-order valence-electron chi connectivity index (χ1n) is 11.7. The van der Waals surface area contributed by atoms with Gasteiger partial charge in [0.2, 0.25) is 0 Å². The summed E-state index contributed by atoms with van der Waals surface area (Å²) in [6, 6.07) is 16.4. The molecule has 7 nitrogen and oxygen atoms in total. The standard InChI is InChI=1S/C28H26N2O5S/c1-16-5-3-6-20-21(15-36-27(16)20)22-7-4-8-23(30-22)24(32)14-29-28(33)17-9-10-25(26(11-17)34-2)35-19-12-18(31)13-19/h3-11,15,18-19,31H,12-14H2,1-2H3,(H,29,33). The van der Waals surface area contributed by atoms with Crippen molar-refractivity contribution in [3.8, 4) is 22.8 Å². The molecule has 0 saturated heterocycles. The monoisotopic (exact) mass is 502 g/mol. The summed E-state index contributed by atoms with van der Waals surface area (Å²) < 4.78 is 12.4. The molecule has 0 aliphatic heterocycles. The van der Waals surface area contributed by atoms with Gasteiger partial charge in [0.1, 0.15) is 11.8 Å². The van der Waals surface area contributed by atoms with E-state index in [0.717, 1.165) is 16.6 Å². The molecule has 36 heavy (non-hydrogen) atoms. The van der Waals surface area contributed by atoms with Gasteiger partial charge in [-0.3, -0.25) is 9.59 Å². The fourth-order valence-electron chi connectivity index (χ4n) is 4.21. The summed E-state index contributed by atoms with van der Waals surface area (Å²) in [7, 11) is 1.50. The number of hydrogen-bond donors (Lipinski definition) is 2. The van der Waals surface area contributed by atoms with Gasteiger partial charge >= 0.3 is 0 Å². The Bertz CT molecular complexity index is 1440. The maximum Gasteiger partial charge on any atom is 0.251 e. The van der Waals surface area contributed by atoms with Crippen LogP contribution < -0.4 is 14.8 Å². The van der Waals surface area contributed by atoms with Crippen molar-refractivity contribution in [2.24, 2.45) is 0 Å². The lowest BCUT2D eigenvalue weighted by Crippen LogP contribution is -2.37. The Morgan fingerprint density at radius 2 is 1.92 bits per heavy atom. The molecule has 5 rings (SSSR count). The number of benzene rings is 2. The van der Waals surface area contributed by atoms with E-state index in [2.05, 4.69) is 34.7 Å². The molecule has 184 valence electrons. The Kier molecular flexibility index (Phi) is 6.71. The third-order valence-electron chi connectivity index (χ3n) is 6.31. The van der Waals surface area contributed by atoms with Crippen LogP contribution in [0.25, 0.3) is 21.3 Å². The number of carbonyl (C=O) groups is 2. The van der Waals surface area contributed by atoms with Crippen molar-refractivity contribution in [3.05, 3.63) is 76.8 Å². The second-order valence-corrected chi connectivity index (χ2v) is 9.73. The van der Waals surface area contributed by atoms with Crippen LogP contribution in [-0.4, -0.2) is 47.6 Å². The average molecular weight is 503 g/mol. The lowest BCUT2D eigenvalue weighted by atomic mass is 9.92. The summed E-state index contributed by atoms with van der Waals surface area (Å²) in [5.41, 5.74) is 3.56. The molecule has 0 unspecified atom stereocenters. The third-order valence-corrected chi connectivity index (χ3v) is 7.44. The first-order chi connectivity index (χ1) is 17.4. The molecular weight excluding hydrogens is 476 g/mol. The Hall–Kier alpha value is -3.75. The minimum absolute atomic E-state index is 0.0643. The topological polar surface area (TPSA) is 97.8 Å². The van der Waals surface area contributed by atoms with Crippen molar-refractivity contribution in [3.63, 3.8) is 0 Å². The molecule has 1 saturated carbocycles. The largest absolute Gasteiger partial charge is 0.493 e. The average Bonchev–Trinajstić information content (AvgIpc) is 3.32. The van der Waals surface area contributed by atoms with Crippen molar-refractivity contribution >= 4 is 33.1 Å². The second-order valence-electron chi connectivity index (χ2n) is 8.85. The molecule has 0 spiro atoms. The summed E-state index contributed by atoms with van der Waals surface area (Å²) in [4.78, 5) is 30.1. The number of methoxy groups -OCH3 is 1. The molecule has 1 fully saturated rings. The van der Waals surface area contributed by atoms with Gasteiger partial charge in [0.25, 0.3) is 5.91 Å². The Balaban J connectivity index is 1.26. The molecule has 0 bridgehead atoms. The van der Waals surface area contributed by atoms with E-state index in [1.54, 1.807) is 41.7 Å². The molecule has 4 aromatic rings. The lowest BCUT2D eigenvalue weighted by Gasteiger charge is -2.32. The van der Waals surface area contributed by atoms with Crippen molar-refractivity contribution in [2.75, 3.05) is 13.7 Å². The predicted molar refractivity (Wildman–Crippen MR) is 139 cm³/mol. The lowest BCUT2D eigenvalue weighted by molar-refractivity contribution is -0.0118. The van der Waals surface area contributed by atoms with Crippen molar-refractivity contribution in [2.45, 2.75) is 32.0 Å². The van der Waals surface area contributed by atoms with E-state index in [4.69, 9.17) is 9.47 Å². The Labute approximate surface area is 212 Å². The molecule has 1 aliphatic carbocycles. The normalized spacial score (nSPS) is 16.9. The number of carbonyl (C=O) groups excluding carboxylic acids is 2. The number of pyridine rings is 1. The highest BCUT2D eigenvalue weighted by Crippen LogP contribution is 2.35. The van der Waals surface area contributed by atoms with E-state index >= 15 is 0 Å². The fourth-order valence-corrected chi connectivity index (χ4v) is 5.26. The molecule has 8 heteroatoms. The van der Waals surface area contributed by atoms with Crippen LogP contribution in [0.15, 0.2) is 60.0 Å². The van der Waals surface area contributed by atoms with Crippen LogP contribution in [-0.2, 0) is 0 Å². The zero-order chi connectivity index (χ0) is 25.2. The highest BCUT2D eigenvalue weighted by atomic mass is 32.1. The predicted octanol–water partition coefficient (Wildman–Crippen LogP) is 4.80. The number of thiophene rings is 1. The van der Waals surface area contributed by atoms with Crippen LogP contribution in [0.5, 0.6) is 11.5 Å². The number of nitrogens with zero attached hydrogens (tertiary/aromatic N) is 1. The highest BCUT2D eigenvalue weighted by molar-refractivity contribution is 7.18. The van der Waals surface area contributed by atoms with E-state index in [1.165, 1.54) is 17.4 Å². The maximum absolute atomic E-state index is 12.8. The quantitative estimate of drug-likeness (QED) is 0.336. The van der Waals surface area contributed by atoms with Crippen molar-refractivity contribution in [1.82, 2.24) is 10.3 Å². The number of fused-ring (bicyclic) bond motifs is 1. The molecule has 0 radical (unpaired) electrons. The van der Waals surface area contributed by atoms with E-state index in [-0.39, 0.29) is 24.5 Å². The molecule has 1 amide bonds. The number of aliphatic hydroxyl groups is 1. The number of ether oxygens (including phenoxy) is 2. The number of ketones is 1. The Morgan fingerprint density at radius 3 is 2.69 bits per heavy atom. The summed E-state index contributed by atoms with van der Waals surface area (Å²) in [6.45, 7) is 1.90. The third kappa shape index (κ3) is 4.82. The van der Waals surface area contributed by atoms with E-state index in [9.17, 15) is 14.7 Å². The van der Waals surface area contributed by atoms with Gasteiger partial charge in [0, 0.05) is 39.4 Å². The number of aromatic nitrogens is 1. The fraction of sp³-hybridized carbons (Fsp3) is 0.250. The molecule has 2 aromatic carbocycles. The first kappa shape index (κ1) is 24.0. The van der Waals surface area contributed by atoms with Crippen LogP contribution in [0, 0.1) is 6.92 Å². The van der Waals surface area contributed by atoms with Crippen LogP contribution in [0.4, 0.5) is 0 Å².